The van der Waals surface area contributed by atoms with Crippen molar-refractivity contribution in [2.24, 2.45) is 0 Å². The third-order valence-corrected chi connectivity index (χ3v) is 3.27. The largest absolute Gasteiger partial charge is 0.362 e. The summed E-state index contributed by atoms with van der Waals surface area (Å²) in [6, 6.07) is 3.47. The summed E-state index contributed by atoms with van der Waals surface area (Å²) in [5.74, 6) is -1.22. The highest BCUT2D eigenvalue weighted by Crippen LogP contribution is 2.41. The Bertz CT molecular complexity index is 648. The Morgan fingerprint density at radius 3 is 2.83 bits per heavy atom. The molecule has 1 fully saturated rings. The van der Waals surface area contributed by atoms with Crippen LogP contribution >= 0.6 is 12.2 Å². The number of hydrogen-bond donors (Lipinski definition) is 1. The maximum absolute atomic E-state index is 13.7. The van der Waals surface area contributed by atoms with E-state index < -0.39 is 17.2 Å². The zero-order valence-corrected chi connectivity index (χ0v) is 10.0. The first kappa shape index (κ1) is 11.5. The fraction of sp³-hybridized carbons (Fsp3) is 0.273. The van der Waals surface area contributed by atoms with E-state index in [1.807, 2.05) is 0 Å². The Morgan fingerprint density at radius 2 is 2.28 bits per heavy atom. The van der Waals surface area contributed by atoms with Gasteiger partial charge in [0.25, 0.3) is 0 Å². The Kier molecular flexibility index (Phi) is 2.53. The number of epoxide rings is 1. The number of nitrogens with zero attached hydrogens (tertiary/aromatic N) is 2. The van der Waals surface area contributed by atoms with Gasteiger partial charge in [0.1, 0.15) is 23.6 Å². The molecule has 94 valence electrons. The van der Waals surface area contributed by atoms with Gasteiger partial charge in [0.2, 0.25) is 4.77 Å². The molecule has 18 heavy (non-hydrogen) atoms. The Morgan fingerprint density at radius 1 is 1.50 bits per heavy atom. The van der Waals surface area contributed by atoms with Crippen LogP contribution in [0.25, 0.3) is 0 Å². The van der Waals surface area contributed by atoms with Crippen molar-refractivity contribution in [2.75, 3.05) is 6.61 Å². The third kappa shape index (κ3) is 1.85. The van der Waals surface area contributed by atoms with Gasteiger partial charge in [-0.15, -0.1) is 0 Å². The number of benzene rings is 1. The van der Waals surface area contributed by atoms with Crippen LogP contribution in [0.2, 0.25) is 0 Å². The average Bonchev–Trinajstić information content (AvgIpc) is 2.97. The number of ether oxygens (including phenoxy) is 1. The molecule has 3 rings (SSSR count). The van der Waals surface area contributed by atoms with Crippen LogP contribution < -0.4 is 0 Å². The molecule has 0 aliphatic carbocycles. The van der Waals surface area contributed by atoms with Crippen molar-refractivity contribution in [3.8, 4) is 0 Å². The second-order valence-corrected chi connectivity index (χ2v) is 4.53. The number of aromatic amines is 1. The maximum atomic E-state index is 13.7. The van der Waals surface area contributed by atoms with Crippen LogP contribution in [-0.4, -0.2) is 21.4 Å². The van der Waals surface area contributed by atoms with Crippen LogP contribution in [0.4, 0.5) is 8.78 Å². The Balaban J connectivity index is 1.96. The number of H-pyrrole nitrogens is 1. The van der Waals surface area contributed by atoms with E-state index in [0.29, 0.717) is 23.5 Å². The molecular formula is C11H9F2N3OS. The minimum absolute atomic E-state index is 0.328. The lowest BCUT2D eigenvalue weighted by Gasteiger charge is -2.13. The lowest BCUT2D eigenvalue weighted by molar-refractivity contribution is 0.261. The summed E-state index contributed by atoms with van der Waals surface area (Å²) in [6.07, 6.45) is 1.46. The summed E-state index contributed by atoms with van der Waals surface area (Å²) in [7, 11) is 0. The van der Waals surface area contributed by atoms with E-state index in [0.717, 1.165) is 6.07 Å². The van der Waals surface area contributed by atoms with Crippen LogP contribution in [-0.2, 0) is 16.9 Å². The molecule has 2 heterocycles. The summed E-state index contributed by atoms with van der Waals surface area (Å²) in [6.45, 7) is 0.699. The molecule has 0 bridgehead atoms. The molecule has 7 heteroatoms. The molecule has 1 N–H and O–H groups in total. The lowest BCUT2D eigenvalue weighted by Crippen LogP contribution is -2.20. The molecular weight excluding hydrogens is 260 g/mol. The molecule has 0 radical (unpaired) electrons. The van der Waals surface area contributed by atoms with Gasteiger partial charge in [-0.05, 0) is 18.3 Å². The molecule has 0 amide bonds. The fourth-order valence-corrected chi connectivity index (χ4v) is 2.10. The van der Waals surface area contributed by atoms with Crippen molar-refractivity contribution >= 4 is 12.2 Å². The number of nitrogens with one attached hydrogen (secondary N) is 1. The third-order valence-electron chi connectivity index (χ3n) is 2.95. The quantitative estimate of drug-likeness (QED) is 0.686. The highest BCUT2D eigenvalue weighted by atomic mass is 32.1. The highest BCUT2D eigenvalue weighted by Gasteiger charge is 2.49. The monoisotopic (exact) mass is 269 g/mol. The second kappa shape index (κ2) is 3.96. The molecule has 0 spiro atoms. The minimum Gasteiger partial charge on any atom is -0.362 e. The van der Waals surface area contributed by atoms with E-state index >= 15 is 0 Å². The summed E-state index contributed by atoms with van der Waals surface area (Å²) >= 11 is 5.00. The van der Waals surface area contributed by atoms with E-state index in [1.54, 1.807) is 4.68 Å². The zero-order chi connectivity index (χ0) is 12.8. The maximum Gasteiger partial charge on any atom is 0.215 e. The van der Waals surface area contributed by atoms with Crippen LogP contribution in [0.15, 0.2) is 24.5 Å². The number of aromatic nitrogens is 3. The lowest BCUT2D eigenvalue weighted by atomic mass is 9.99. The predicted molar refractivity (Wildman–Crippen MR) is 61.4 cm³/mol. The second-order valence-electron chi connectivity index (χ2n) is 4.16. The smallest absolute Gasteiger partial charge is 0.215 e. The van der Waals surface area contributed by atoms with Gasteiger partial charge in [-0.1, -0.05) is 6.07 Å². The minimum atomic E-state index is -0.775. The molecule has 4 nitrogen and oxygen atoms in total. The van der Waals surface area contributed by atoms with Gasteiger partial charge in [-0.2, -0.15) is 0 Å². The van der Waals surface area contributed by atoms with Gasteiger partial charge in [-0.3, -0.25) is 9.78 Å². The summed E-state index contributed by atoms with van der Waals surface area (Å²) in [4.78, 5) is 3.87. The summed E-state index contributed by atoms with van der Waals surface area (Å²) < 4.78 is 33.9. The van der Waals surface area contributed by atoms with Crippen molar-refractivity contribution in [1.82, 2.24) is 14.8 Å². The normalized spacial score (nSPS) is 22.1. The molecule has 1 aliphatic heterocycles. The van der Waals surface area contributed by atoms with Crippen LogP contribution in [0.1, 0.15) is 5.56 Å². The standard InChI is InChI=1S/C11H9F2N3OS/c12-7-1-2-8(9(13)3-7)11(5-17-11)4-16-10(18)14-6-15-16/h1-3,6H,4-5H2,(H,14,15,18)/t11-/m0/s1. The van der Waals surface area contributed by atoms with Gasteiger partial charge < -0.3 is 4.74 Å². The van der Waals surface area contributed by atoms with Gasteiger partial charge >= 0.3 is 0 Å². The highest BCUT2D eigenvalue weighted by molar-refractivity contribution is 7.71. The van der Waals surface area contributed by atoms with Crippen molar-refractivity contribution in [3.05, 3.63) is 46.5 Å². The van der Waals surface area contributed by atoms with Crippen molar-refractivity contribution in [3.63, 3.8) is 0 Å². The first-order valence-corrected chi connectivity index (χ1v) is 5.71. The average molecular weight is 269 g/mol. The number of rotatable bonds is 3. The van der Waals surface area contributed by atoms with E-state index in [-0.39, 0.29) is 0 Å². The zero-order valence-electron chi connectivity index (χ0n) is 9.19. The fourth-order valence-electron chi connectivity index (χ4n) is 1.93. The van der Waals surface area contributed by atoms with E-state index in [4.69, 9.17) is 17.0 Å². The van der Waals surface area contributed by atoms with Crippen LogP contribution in [0, 0.1) is 16.4 Å². The molecule has 1 aromatic carbocycles. The van der Waals surface area contributed by atoms with Gasteiger partial charge in [-0.25, -0.2) is 13.8 Å². The van der Waals surface area contributed by atoms with E-state index in [2.05, 4.69) is 10.1 Å². The molecule has 1 aromatic heterocycles. The Labute approximate surface area is 106 Å². The first-order valence-electron chi connectivity index (χ1n) is 5.30. The van der Waals surface area contributed by atoms with Crippen LogP contribution in [0.5, 0.6) is 0 Å². The summed E-state index contributed by atoms with van der Waals surface area (Å²) in [5.41, 5.74) is -0.442. The van der Waals surface area contributed by atoms with E-state index in [1.165, 1.54) is 18.5 Å². The van der Waals surface area contributed by atoms with Crippen molar-refractivity contribution < 1.29 is 13.5 Å². The molecule has 1 aliphatic rings. The molecule has 0 unspecified atom stereocenters. The van der Waals surface area contributed by atoms with E-state index in [9.17, 15) is 8.78 Å². The summed E-state index contributed by atoms with van der Waals surface area (Å²) in [5, 5.41) is 2.83. The van der Waals surface area contributed by atoms with Gasteiger partial charge in [0, 0.05) is 11.6 Å². The first-order chi connectivity index (χ1) is 8.61. The predicted octanol–water partition coefficient (Wildman–Crippen LogP) is 2.14. The topological polar surface area (TPSA) is 46.1 Å². The number of hydrogen-bond acceptors (Lipinski definition) is 3. The SMILES string of the molecule is Fc1ccc([C@]2(Cn3[nH]cnc3=S)CO2)c(F)c1. The van der Waals surface area contributed by atoms with Gasteiger partial charge in [0.15, 0.2) is 0 Å². The molecule has 0 saturated carbocycles. The molecule has 2 aromatic rings. The number of halogens is 2. The Hall–Kier alpha value is -1.60. The van der Waals surface area contributed by atoms with Crippen LogP contribution in [0.3, 0.4) is 0 Å². The van der Waals surface area contributed by atoms with Gasteiger partial charge in [0.05, 0.1) is 13.2 Å². The van der Waals surface area contributed by atoms with Crippen molar-refractivity contribution in [2.45, 2.75) is 12.1 Å². The molecule has 1 saturated heterocycles. The van der Waals surface area contributed by atoms with Crippen molar-refractivity contribution in [1.29, 1.82) is 0 Å². The molecule has 1 atom stereocenters.